The number of carbonyl (C=O) groups is 1. The van der Waals surface area contributed by atoms with E-state index in [1.165, 1.54) is 0 Å². The van der Waals surface area contributed by atoms with Gasteiger partial charge in [-0.3, -0.25) is 0 Å². The molecule has 0 spiro atoms. The minimum Gasteiger partial charge on any atom is -0.444 e. The summed E-state index contributed by atoms with van der Waals surface area (Å²) in [6.45, 7) is 9.07. The van der Waals surface area contributed by atoms with Crippen LogP contribution < -0.4 is 11.1 Å². The summed E-state index contributed by atoms with van der Waals surface area (Å²) in [6, 6.07) is 0. The SMILES string of the molecule is CC(C)(C)OC(=O)NCCOCCCOCCCN. The van der Waals surface area contributed by atoms with Crippen molar-refractivity contribution in [3.05, 3.63) is 0 Å². The monoisotopic (exact) mass is 276 g/mol. The van der Waals surface area contributed by atoms with E-state index in [0.29, 0.717) is 39.5 Å². The van der Waals surface area contributed by atoms with E-state index in [0.717, 1.165) is 12.8 Å². The number of nitrogens with one attached hydrogen (secondary N) is 1. The van der Waals surface area contributed by atoms with Crippen LogP contribution in [0.5, 0.6) is 0 Å². The van der Waals surface area contributed by atoms with Crippen molar-refractivity contribution in [3.8, 4) is 0 Å². The lowest BCUT2D eigenvalue weighted by Gasteiger charge is -2.19. The number of alkyl carbamates (subject to hydrolysis) is 1. The van der Waals surface area contributed by atoms with Crippen LogP contribution in [0.1, 0.15) is 33.6 Å². The summed E-state index contributed by atoms with van der Waals surface area (Å²) in [7, 11) is 0. The standard InChI is InChI=1S/C13H28N2O4/c1-13(2,3)19-12(16)15-7-11-18-10-5-9-17-8-4-6-14/h4-11,14H2,1-3H3,(H,15,16). The molecule has 0 aromatic heterocycles. The molecule has 114 valence electrons. The lowest BCUT2D eigenvalue weighted by molar-refractivity contribution is 0.0484. The number of amides is 1. The number of nitrogens with two attached hydrogens (primary N) is 1. The van der Waals surface area contributed by atoms with Crippen molar-refractivity contribution in [2.24, 2.45) is 5.73 Å². The third-order valence-electron chi connectivity index (χ3n) is 1.98. The van der Waals surface area contributed by atoms with Crippen LogP contribution in [0.4, 0.5) is 4.79 Å². The highest BCUT2D eigenvalue weighted by molar-refractivity contribution is 5.67. The third-order valence-corrected chi connectivity index (χ3v) is 1.98. The summed E-state index contributed by atoms with van der Waals surface area (Å²) in [5.74, 6) is 0. The molecule has 0 unspecified atom stereocenters. The molecule has 0 aliphatic carbocycles. The molecule has 3 N–H and O–H groups in total. The van der Waals surface area contributed by atoms with Gasteiger partial charge in [0.1, 0.15) is 5.60 Å². The molecule has 0 saturated heterocycles. The Labute approximate surface area is 116 Å². The second-order valence-corrected chi connectivity index (χ2v) is 5.15. The van der Waals surface area contributed by atoms with Gasteiger partial charge in [-0.2, -0.15) is 0 Å². The summed E-state index contributed by atoms with van der Waals surface area (Å²) in [5, 5.41) is 2.63. The molecular weight excluding hydrogens is 248 g/mol. The van der Waals surface area contributed by atoms with Gasteiger partial charge in [-0.15, -0.1) is 0 Å². The van der Waals surface area contributed by atoms with E-state index in [2.05, 4.69) is 5.32 Å². The fourth-order valence-electron chi connectivity index (χ4n) is 1.19. The van der Waals surface area contributed by atoms with Crippen molar-refractivity contribution in [2.75, 3.05) is 39.5 Å². The summed E-state index contributed by atoms with van der Waals surface area (Å²) < 4.78 is 15.8. The van der Waals surface area contributed by atoms with Gasteiger partial charge in [0.25, 0.3) is 0 Å². The average Bonchev–Trinajstić information content (AvgIpc) is 2.29. The number of rotatable bonds is 10. The van der Waals surface area contributed by atoms with Gasteiger partial charge in [0, 0.05) is 26.4 Å². The Balaban J connectivity index is 3.21. The van der Waals surface area contributed by atoms with Crippen LogP contribution >= 0.6 is 0 Å². The van der Waals surface area contributed by atoms with Crippen LogP contribution in [0.2, 0.25) is 0 Å². The van der Waals surface area contributed by atoms with Gasteiger partial charge in [-0.05, 0) is 40.2 Å². The third kappa shape index (κ3) is 15.1. The van der Waals surface area contributed by atoms with Gasteiger partial charge < -0.3 is 25.3 Å². The second kappa shape index (κ2) is 11.0. The molecule has 19 heavy (non-hydrogen) atoms. The van der Waals surface area contributed by atoms with Gasteiger partial charge in [-0.1, -0.05) is 0 Å². The predicted molar refractivity (Wildman–Crippen MR) is 74.2 cm³/mol. The minimum atomic E-state index is -0.466. The number of ether oxygens (including phenoxy) is 3. The number of hydrogen-bond acceptors (Lipinski definition) is 5. The molecular formula is C13H28N2O4. The summed E-state index contributed by atoms with van der Waals surface area (Å²) in [6.07, 6.45) is 1.32. The number of carbonyl (C=O) groups excluding carboxylic acids is 1. The zero-order chi connectivity index (χ0) is 14.6. The maximum Gasteiger partial charge on any atom is 0.407 e. The smallest absolute Gasteiger partial charge is 0.407 e. The van der Waals surface area contributed by atoms with Crippen molar-refractivity contribution in [1.29, 1.82) is 0 Å². The van der Waals surface area contributed by atoms with Crippen LogP contribution in [-0.2, 0) is 14.2 Å². The molecule has 0 heterocycles. The van der Waals surface area contributed by atoms with E-state index in [-0.39, 0.29) is 0 Å². The Hall–Kier alpha value is -0.850. The van der Waals surface area contributed by atoms with Crippen LogP contribution in [0.15, 0.2) is 0 Å². The first-order chi connectivity index (χ1) is 8.95. The zero-order valence-electron chi connectivity index (χ0n) is 12.4. The molecule has 0 fully saturated rings. The Bertz CT molecular complexity index is 229. The molecule has 0 saturated carbocycles. The van der Waals surface area contributed by atoms with Crippen molar-refractivity contribution in [1.82, 2.24) is 5.32 Å². The summed E-state index contributed by atoms with van der Waals surface area (Å²) in [4.78, 5) is 11.3. The maximum atomic E-state index is 11.3. The zero-order valence-corrected chi connectivity index (χ0v) is 12.4. The van der Waals surface area contributed by atoms with Gasteiger partial charge in [-0.25, -0.2) is 4.79 Å². The predicted octanol–water partition coefficient (Wildman–Crippen LogP) is 1.28. The number of hydrogen-bond donors (Lipinski definition) is 2. The molecule has 0 aliphatic rings. The molecule has 0 aliphatic heterocycles. The van der Waals surface area contributed by atoms with Crippen LogP contribution in [-0.4, -0.2) is 51.2 Å². The highest BCUT2D eigenvalue weighted by Crippen LogP contribution is 2.05. The van der Waals surface area contributed by atoms with Gasteiger partial charge >= 0.3 is 6.09 Å². The summed E-state index contributed by atoms with van der Waals surface area (Å²) in [5.41, 5.74) is 4.87. The topological polar surface area (TPSA) is 82.8 Å². The van der Waals surface area contributed by atoms with Crippen molar-refractivity contribution in [2.45, 2.75) is 39.2 Å². The second-order valence-electron chi connectivity index (χ2n) is 5.15. The Morgan fingerprint density at radius 3 is 2.21 bits per heavy atom. The van der Waals surface area contributed by atoms with Crippen molar-refractivity contribution < 1.29 is 19.0 Å². The molecule has 0 radical (unpaired) electrons. The van der Waals surface area contributed by atoms with E-state index in [9.17, 15) is 4.79 Å². The van der Waals surface area contributed by atoms with Gasteiger partial charge in [0.05, 0.1) is 6.61 Å². The van der Waals surface area contributed by atoms with Gasteiger partial charge in [0.15, 0.2) is 0 Å². The Kier molecular flexibility index (Phi) is 10.5. The van der Waals surface area contributed by atoms with Crippen LogP contribution in [0.3, 0.4) is 0 Å². The van der Waals surface area contributed by atoms with Gasteiger partial charge in [0.2, 0.25) is 0 Å². The van der Waals surface area contributed by atoms with E-state index in [1.807, 2.05) is 20.8 Å². The molecule has 0 atom stereocenters. The first-order valence-electron chi connectivity index (χ1n) is 6.78. The lowest BCUT2D eigenvalue weighted by atomic mass is 10.2. The first-order valence-corrected chi connectivity index (χ1v) is 6.78. The normalized spacial score (nSPS) is 11.4. The molecule has 0 aromatic rings. The average molecular weight is 276 g/mol. The van der Waals surface area contributed by atoms with E-state index >= 15 is 0 Å². The maximum absolute atomic E-state index is 11.3. The molecule has 6 nitrogen and oxygen atoms in total. The van der Waals surface area contributed by atoms with Crippen molar-refractivity contribution >= 4 is 6.09 Å². The van der Waals surface area contributed by atoms with E-state index in [1.54, 1.807) is 0 Å². The fourth-order valence-corrected chi connectivity index (χ4v) is 1.19. The lowest BCUT2D eigenvalue weighted by Crippen LogP contribution is -2.34. The highest BCUT2D eigenvalue weighted by Gasteiger charge is 2.15. The molecule has 0 bridgehead atoms. The Morgan fingerprint density at radius 2 is 1.63 bits per heavy atom. The molecule has 1 amide bonds. The molecule has 6 heteroatoms. The molecule has 0 rings (SSSR count). The quantitative estimate of drug-likeness (QED) is 0.587. The van der Waals surface area contributed by atoms with Crippen LogP contribution in [0.25, 0.3) is 0 Å². The molecule has 0 aromatic carbocycles. The first kappa shape index (κ1) is 18.1. The summed E-state index contributed by atoms with van der Waals surface area (Å²) >= 11 is 0. The largest absolute Gasteiger partial charge is 0.444 e. The highest BCUT2D eigenvalue weighted by atomic mass is 16.6. The van der Waals surface area contributed by atoms with E-state index < -0.39 is 11.7 Å². The fraction of sp³-hybridized carbons (Fsp3) is 0.923. The Morgan fingerprint density at radius 1 is 1.05 bits per heavy atom. The minimum absolute atomic E-state index is 0.416. The van der Waals surface area contributed by atoms with Crippen LogP contribution in [0, 0.1) is 0 Å². The van der Waals surface area contributed by atoms with Crippen molar-refractivity contribution in [3.63, 3.8) is 0 Å². The van der Waals surface area contributed by atoms with E-state index in [4.69, 9.17) is 19.9 Å².